The maximum Gasteiger partial charge on any atom is 0.255 e. The molecule has 0 radical (unpaired) electrons. The molecule has 0 bridgehead atoms. The third-order valence-electron chi connectivity index (χ3n) is 3.89. The van der Waals surface area contributed by atoms with Crippen molar-refractivity contribution in [3.05, 3.63) is 53.6 Å². The number of thioether (sulfide) groups is 1. The number of nitrogens with one attached hydrogen (secondary N) is 2. The summed E-state index contributed by atoms with van der Waals surface area (Å²) in [6.07, 6.45) is 2.96. The fraction of sp³-hybridized carbons (Fsp3) is 0.167. The van der Waals surface area contributed by atoms with Gasteiger partial charge in [-0.1, -0.05) is 6.07 Å². The molecule has 0 fully saturated rings. The lowest BCUT2D eigenvalue weighted by molar-refractivity contribution is -0.121. The van der Waals surface area contributed by atoms with Gasteiger partial charge in [0, 0.05) is 23.3 Å². The van der Waals surface area contributed by atoms with Crippen LogP contribution in [0.2, 0.25) is 0 Å². The van der Waals surface area contributed by atoms with Crippen LogP contribution >= 0.6 is 11.8 Å². The first kappa shape index (κ1) is 17.0. The molecule has 1 aliphatic rings. The van der Waals surface area contributed by atoms with Crippen molar-refractivity contribution in [2.45, 2.75) is 17.7 Å². The summed E-state index contributed by atoms with van der Waals surface area (Å²) in [7, 11) is 0. The minimum Gasteiger partial charge on any atom is -0.397 e. The number of hydrogen-bond acceptors (Lipinski definition) is 5. The Morgan fingerprint density at radius 3 is 2.56 bits per heavy atom. The van der Waals surface area contributed by atoms with Crippen LogP contribution in [0, 0.1) is 0 Å². The van der Waals surface area contributed by atoms with Gasteiger partial charge >= 0.3 is 0 Å². The second-order valence-electron chi connectivity index (χ2n) is 5.58. The summed E-state index contributed by atoms with van der Waals surface area (Å²) in [6, 6.07) is 12.7. The monoisotopic (exact) mass is 354 g/mol. The standard InChI is InChI=1S/C18H18N4O2S/c1-25-13-5-2-11(3-6-13)18(24)20-16-7-4-12(10-14(16)19)15-8-9-17(23)22-21-15/h2-7,10H,8-9,19H2,1H3,(H,20,24)(H,22,23). The van der Waals surface area contributed by atoms with Crippen LogP contribution < -0.4 is 16.5 Å². The molecule has 2 aromatic carbocycles. The van der Waals surface area contributed by atoms with Gasteiger partial charge in [0.2, 0.25) is 5.91 Å². The first-order valence-electron chi connectivity index (χ1n) is 7.77. The summed E-state index contributed by atoms with van der Waals surface area (Å²) in [6.45, 7) is 0. The van der Waals surface area contributed by atoms with Gasteiger partial charge < -0.3 is 11.1 Å². The highest BCUT2D eigenvalue weighted by Crippen LogP contribution is 2.23. The highest BCUT2D eigenvalue weighted by Gasteiger charge is 2.15. The Morgan fingerprint density at radius 1 is 1.20 bits per heavy atom. The van der Waals surface area contributed by atoms with Crippen LogP contribution in [0.3, 0.4) is 0 Å². The van der Waals surface area contributed by atoms with E-state index in [4.69, 9.17) is 5.73 Å². The zero-order chi connectivity index (χ0) is 17.8. The number of carbonyl (C=O) groups excluding carboxylic acids is 2. The van der Waals surface area contributed by atoms with Crippen LogP contribution in [0.15, 0.2) is 52.5 Å². The zero-order valence-corrected chi connectivity index (χ0v) is 14.5. The molecular weight excluding hydrogens is 336 g/mol. The fourth-order valence-corrected chi connectivity index (χ4v) is 2.88. The molecule has 1 heterocycles. The lowest BCUT2D eigenvalue weighted by Gasteiger charge is -2.14. The van der Waals surface area contributed by atoms with E-state index in [2.05, 4.69) is 15.8 Å². The SMILES string of the molecule is CSc1ccc(C(=O)Nc2ccc(C3=NNC(=O)CC3)cc2N)cc1. The fourth-order valence-electron chi connectivity index (χ4n) is 2.48. The molecule has 2 amide bonds. The maximum absolute atomic E-state index is 12.3. The molecule has 1 aliphatic heterocycles. The summed E-state index contributed by atoms with van der Waals surface area (Å²) in [5, 5.41) is 6.87. The molecule has 0 atom stereocenters. The van der Waals surface area contributed by atoms with Crippen molar-refractivity contribution in [3.63, 3.8) is 0 Å². The Kier molecular flexibility index (Phi) is 5.04. The van der Waals surface area contributed by atoms with E-state index in [-0.39, 0.29) is 11.8 Å². The predicted octanol–water partition coefficient (Wildman–Crippen LogP) is 2.86. The number of hydrogen-bond donors (Lipinski definition) is 3. The van der Waals surface area contributed by atoms with Crippen molar-refractivity contribution in [2.75, 3.05) is 17.3 Å². The van der Waals surface area contributed by atoms with Gasteiger partial charge in [-0.25, -0.2) is 5.43 Å². The van der Waals surface area contributed by atoms with Crippen molar-refractivity contribution >= 4 is 40.7 Å². The van der Waals surface area contributed by atoms with Gasteiger partial charge in [0.1, 0.15) is 0 Å². The van der Waals surface area contributed by atoms with Crippen molar-refractivity contribution in [3.8, 4) is 0 Å². The topological polar surface area (TPSA) is 96.6 Å². The largest absolute Gasteiger partial charge is 0.397 e. The highest BCUT2D eigenvalue weighted by molar-refractivity contribution is 7.98. The molecule has 0 spiro atoms. The van der Waals surface area contributed by atoms with Crippen LogP contribution in [-0.4, -0.2) is 23.8 Å². The van der Waals surface area contributed by atoms with E-state index < -0.39 is 0 Å². The summed E-state index contributed by atoms with van der Waals surface area (Å²) in [5.41, 5.74) is 11.7. The van der Waals surface area contributed by atoms with Crippen LogP contribution in [0.25, 0.3) is 0 Å². The van der Waals surface area contributed by atoms with Gasteiger partial charge in [0.15, 0.2) is 0 Å². The third kappa shape index (κ3) is 4.00. The lowest BCUT2D eigenvalue weighted by Crippen LogP contribution is -2.26. The van der Waals surface area contributed by atoms with E-state index in [1.807, 2.05) is 24.5 Å². The van der Waals surface area contributed by atoms with Gasteiger partial charge in [-0.15, -0.1) is 11.8 Å². The zero-order valence-electron chi connectivity index (χ0n) is 13.7. The molecule has 4 N–H and O–H groups in total. The Morgan fingerprint density at radius 2 is 1.96 bits per heavy atom. The number of benzene rings is 2. The molecule has 0 saturated carbocycles. The van der Waals surface area contributed by atoms with Gasteiger partial charge in [-0.05, 0) is 48.2 Å². The first-order valence-corrected chi connectivity index (χ1v) is 9.00. The van der Waals surface area contributed by atoms with Crippen LogP contribution in [0.1, 0.15) is 28.8 Å². The number of carbonyl (C=O) groups is 2. The molecule has 7 heteroatoms. The van der Waals surface area contributed by atoms with Crippen molar-refractivity contribution in [2.24, 2.45) is 5.10 Å². The van der Waals surface area contributed by atoms with Gasteiger partial charge in [0.05, 0.1) is 17.1 Å². The Bertz CT molecular complexity index is 847. The third-order valence-corrected chi connectivity index (χ3v) is 4.63. The van der Waals surface area contributed by atoms with Gasteiger partial charge in [0.25, 0.3) is 5.91 Å². The first-order chi connectivity index (χ1) is 12.1. The molecule has 6 nitrogen and oxygen atoms in total. The van der Waals surface area contributed by atoms with Crippen molar-refractivity contribution < 1.29 is 9.59 Å². The number of nitrogen functional groups attached to an aromatic ring is 1. The highest BCUT2D eigenvalue weighted by atomic mass is 32.2. The molecule has 0 aromatic heterocycles. The van der Waals surface area contributed by atoms with Crippen LogP contribution in [0.4, 0.5) is 11.4 Å². The summed E-state index contributed by atoms with van der Waals surface area (Å²) in [4.78, 5) is 24.6. The van der Waals surface area contributed by atoms with Crippen molar-refractivity contribution in [1.82, 2.24) is 5.43 Å². The Balaban J connectivity index is 1.74. The molecule has 0 unspecified atom stereocenters. The average molecular weight is 354 g/mol. The molecule has 0 aliphatic carbocycles. The quantitative estimate of drug-likeness (QED) is 0.581. The Hall–Kier alpha value is -2.80. The lowest BCUT2D eigenvalue weighted by atomic mass is 10.0. The average Bonchev–Trinajstić information content (AvgIpc) is 2.64. The molecule has 3 rings (SSSR count). The predicted molar refractivity (Wildman–Crippen MR) is 101 cm³/mol. The summed E-state index contributed by atoms with van der Waals surface area (Å²) in [5.74, 6) is -0.303. The van der Waals surface area contributed by atoms with E-state index in [9.17, 15) is 9.59 Å². The van der Waals surface area contributed by atoms with Crippen LogP contribution in [-0.2, 0) is 4.79 Å². The number of nitrogens with two attached hydrogens (primary N) is 1. The summed E-state index contributed by atoms with van der Waals surface area (Å²) >= 11 is 1.62. The van der Waals surface area contributed by atoms with Gasteiger partial charge in [-0.2, -0.15) is 5.10 Å². The second-order valence-corrected chi connectivity index (χ2v) is 6.46. The van der Waals surface area contributed by atoms with Crippen LogP contribution in [0.5, 0.6) is 0 Å². The molecule has 25 heavy (non-hydrogen) atoms. The molecule has 0 saturated heterocycles. The number of anilines is 2. The van der Waals surface area contributed by atoms with E-state index in [1.54, 1.807) is 36.0 Å². The summed E-state index contributed by atoms with van der Waals surface area (Å²) < 4.78 is 0. The van der Waals surface area contributed by atoms with E-state index in [0.717, 1.165) is 16.2 Å². The van der Waals surface area contributed by atoms with E-state index >= 15 is 0 Å². The molecule has 2 aromatic rings. The molecular formula is C18H18N4O2S. The number of rotatable bonds is 4. The van der Waals surface area contributed by atoms with Crippen molar-refractivity contribution in [1.29, 1.82) is 0 Å². The maximum atomic E-state index is 12.3. The van der Waals surface area contributed by atoms with Gasteiger partial charge in [-0.3, -0.25) is 9.59 Å². The smallest absolute Gasteiger partial charge is 0.255 e. The second kappa shape index (κ2) is 7.40. The number of hydrazone groups is 1. The number of nitrogens with zero attached hydrogens (tertiary/aromatic N) is 1. The minimum atomic E-state index is -0.214. The van der Waals surface area contributed by atoms with E-state index in [1.165, 1.54) is 0 Å². The molecule has 128 valence electrons. The Labute approximate surface area is 149 Å². The minimum absolute atomic E-state index is 0.0897. The normalized spacial score (nSPS) is 13.8. The number of amides is 2. The van der Waals surface area contributed by atoms with E-state index in [0.29, 0.717) is 29.8 Å².